The molecule has 5 rings (SSSR count). The van der Waals surface area contributed by atoms with Crippen molar-refractivity contribution in [1.82, 2.24) is 0 Å². The molecule has 0 aromatic rings. The fourth-order valence-electron chi connectivity index (χ4n) is 10.1. The summed E-state index contributed by atoms with van der Waals surface area (Å²) in [6.07, 6.45) is 13.8. The molecule has 5 fully saturated rings. The fraction of sp³-hybridized carbons (Fsp3) is 0.963. The molecule has 1 saturated heterocycles. The first-order chi connectivity index (χ1) is 14.2. The first-order valence-electron chi connectivity index (χ1n) is 13.2. The third-order valence-corrected chi connectivity index (χ3v) is 11.8. The van der Waals surface area contributed by atoms with E-state index >= 15 is 0 Å². The van der Waals surface area contributed by atoms with Crippen LogP contribution in [0.3, 0.4) is 0 Å². The number of rotatable bonds is 2. The minimum Gasteiger partial charge on any atom is -0.387 e. The lowest BCUT2D eigenvalue weighted by atomic mass is 9.44. The van der Waals surface area contributed by atoms with E-state index in [1.54, 1.807) is 0 Å². The van der Waals surface area contributed by atoms with Crippen LogP contribution in [0.4, 0.5) is 0 Å². The second-order valence-corrected chi connectivity index (χ2v) is 13.0. The third-order valence-electron chi connectivity index (χ3n) is 11.8. The van der Waals surface area contributed by atoms with E-state index in [1.165, 1.54) is 70.9 Å². The summed E-state index contributed by atoms with van der Waals surface area (Å²) >= 11 is 0. The van der Waals surface area contributed by atoms with Gasteiger partial charge >= 0.3 is 0 Å². The predicted molar refractivity (Wildman–Crippen MR) is 121 cm³/mol. The van der Waals surface area contributed by atoms with Gasteiger partial charge in [-0.2, -0.15) is 0 Å². The lowest BCUT2D eigenvalue weighted by Crippen LogP contribution is -2.66. The highest BCUT2D eigenvalue weighted by Crippen LogP contribution is 2.67. The van der Waals surface area contributed by atoms with Crippen LogP contribution in [0.15, 0.2) is 0 Å². The highest BCUT2D eigenvalue weighted by atomic mass is 16.3. The molecule has 0 radical (unpaired) electrons. The molecule has 9 atom stereocenters. The number of aliphatic hydroxyl groups is 1. The highest BCUT2D eigenvalue weighted by Gasteiger charge is 2.63. The molecule has 1 heterocycles. The Morgan fingerprint density at radius 1 is 0.933 bits per heavy atom. The molecule has 4 aliphatic carbocycles. The number of likely N-dealkylation sites (tertiary alicyclic amines) is 1. The van der Waals surface area contributed by atoms with Crippen LogP contribution in [0.25, 0.3) is 0 Å². The molecule has 30 heavy (non-hydrogen) atoms. The summed E-state index contributed by atoms with van der Waals surface area (Å²) in [6.45, 7) is 9.46. The van der Waals surface area contributed by atoms with Crippen LogP contribution in [0, 0.1) is 40.4 Å². The number of aliphatic hydroxyl groups excluding tert-OH is 1. The summed E-state index contributed by atoms with van der Waals surface area (Å²) in [7, 11) is 2.45. The SMILES string of the molecule is CC(=O)[C@H]1CCC2C3CC[C@H]4C[C@H](O)[C@@H]([N+]5(C)CCCCC5)C[C@]4(C)C3CC[C@@]21C. The molecule has 0 aromatic heterocycles. The molecule has 0 aromatic carbocycles. The molecule has 0 amide bonds. The second kappa shape index (κ2) is 7.30. The van der Waals surface area contributed by atoms with Crippen LogP contribution in [0.5, 0.6) is 0 Å². The molecular weight excluding hydrogens is 370 g/mol. The minimum atomic E-state index is -0.106. The Bertz CT molecular complexity index is 684. The Balaban J connectivity index is 1.42. The molecule has 4 saturated carbocycles. The zero-order valence-electron chi connectivity index (χ0n) is 20.0. The number of ketones is 1. The Morgan fingerprint density at radius 3 is 2.33 bits per heavy atom. The number of fused-ring (bicyclic) bond motifs is 5. The van der Waals surface area contributed by atoms with Crippen molar-refractivity contribution in [3.63, 3.8) is 0 Å². The van der Waals surface area contributed by atoms with Crippen LogP contribution < -0.4 is 0 Å². The van der Waals surface area contributed by atoms with Crippen LogP contribution in [-0.2, 0) is 4.79 Å². The standard InChI is InChI=1S/C27H46NO2/c1-18(29)21-10-11-22-20-9-8-19-16-25(30)24(28(4)14-6-5-7-15-28)17-27(19,3)23(20)12-13-26(21,22)2/h19-25,30H,5-17H2,1-4H3/q+1/t19-,20?,21+,22?,23?,24-,25-,26+,27-/m0/s1. The molecule has 3 nitrogen and oxygen atoms in total. The number of likely N-dealkylation sites (N-methyl/N-ethyl adjacent to an activating group) is 1. The zero-order chi connectivity index (χ0) is 21.3. The molecule has 170 valence electrons. The van der Waals surface area contributed by atoms with Crippen molar-refractivity contribution in [2.75, 3.05) is 20.1 Å². The molecule has 3 unspecified atom stereocenters. The molecule has 0 spiro atoms. The van der Waals surface area contributed by atoms with E-state index in [0.717, 1.165) is 35.1 Å². The summed E-state index contributed by atoms with van der Waals surface area (Å²) in [5.74, 6) is 3.85. The minimum absolute atomic E-state index is 0.106. The molecule has 5 aliphatic rings. The van der Waals surface area contributed by atoms with Crippen LogP contribution in [-0.4, -0.2) is 47.7 Å². The van der Waals surface area contributed by atoms with Gasteiger partial charge in [0, 0.05) is 12.3 Å². The number of piperidine rings is 1. The van der Waals surface area contributed by atoms with Crippen LogP contribution >= 0.6 is 0 Å². The zero-order valence-corrected chi connectivity index (χ0v) is 20.0. The summed E-state index contributed by atoms with van der Waals surface area (Å²) < 4.78 is 1.12. The van der Waals surface area contributed by atoms with Gasteiger partial charge in [0.2, 0.25) is 0 Å². The summed E-state index contributed by atoms with van der Waals surface area (Å²) in [5, 5.41) is 11.3. The number of quaternary nitrogens is 1. The van der Waals surface area contributed by atoms with E-state index < -0.39 is 0 Å². The normalized spacial score (nSPS) is 52.8. The number of hydrogen-bond donors (Lipinski definition) is 1. The highest BCUT2D eigenvalue weighted by molar-refractivity contribution is 5.79. The quantitative estimate of drug-likeness (QED) is 0.628. The summed E-state index contributed by atoms with van der Waals surface area (Å²) in [5.41, 5.74) is 0.649. The number of carbonyl (C=O) groups excluding carboxylic acids is 1. The van der Waals surface area contributed by atoms with Crippen LogP contribution in [0.2, 0.25) is 0 Å². The average Bonchev–Trinajstić information content (AvgIpc) is 3.06. The van der Waals surface area contributed by atoms with Gasteiger partial charge in [0.25, 0.3) is 0 Å². The Morgan fingerprint density at radius 2 is 1.63 bits per heavy atom. The van der Waals surface area contributed by atoms with Crippen molar-refractivity contribution in [1.29, 1.82) is 0 Å². The van der Waals surface area contributed by atoms with Gasteiger partial charge in [0.1, 0.15) is 17.9 Å². The topological polar surface area (TPSA) is 37.3 Å². The Hall–Kier alpha value is -0.410. The maximum Gasteiger partial charge on any atom is 0.133 e. The van der Waals surface area contributed by atoms with Crippen LogP contribution in [0.1, 0.15) is 91.4 Å². The molecular formula is C27H46NO2+. The van der Waals surface area contributed by atoms with Gasteiger partial charge in [-0.15, -0.1) is 0 Å². The monoisotopic (exact) mass is 416 g/mol. The van der Waals surface area contributed by atoms with Crippen molar-refractivity contribution in [2.24, 2.45) is 40.4 Å². The lowest BCUT2D eigenvalue weighted by Gasteiger charge is -2.63. The van der Waals surface area contributed by atoms with Gasteiger partial charge in [0.05, 0.1) is 20.1 Å². The summed E-state index contributed by atoms with van der Waals surface area (Å²) in [4.78, 5) is 12.4. The van der Waals surface area contributed by atoms with E-state index in [4.69, 9.17) is 0 Å². The molecule has 0 bridgehead atoms. The Labute approximate surface area is 184 Å². The van der Waals surface area contributed by atoms with Crippen molar-refractivity contribution < 1.29 is 14.4 Å². The first kappa shape index (κ1) is 21.4. The fourth-order valence-corrected chi connectivity index (χ4v) is 10.1. The van der Waals surface area contributed by atoms with Crippen molar-refractivity contribution in [3.8, 4) is 0 Å². The van der Waals surface area contributed by atoms with Gasteiger partial charge in [0.15, 0.2) is 0 Å². The lowest BCUT2D eigenvalue weighted by molar-refractivity contribution is -0.943. The molecule has 1 N–H and O–H groups in total. The van der Waals surface area contributed by atoms with Gasteiger partial charge in [-0.3, -0.25) is 4.79 Å². The largest absolute Gasteiger partial charge is 0.387 e. The number of carbonyl (C=O) groups is 1. The van der Waals surface area contributed by atoms with Gasteiger partial charge in [-0.05, 0) is 106 Å². The van der Waals surface area contributed by atoms with E-state index in [-0.39, 0.29) is 11.5 Å². The van der Waals surface area contributed by atoms with E-state index in [2.05, 4.69) is 20.9 Å². The first-order valence-corrected chi connectivity index (χ1v) is 13.2. The predicted octanol–water partition coefficient (Wildman–Crippen LogP) is 5.20. The van der Waals surface area contributed by atoms with Crippen molar-refractivity contribution in [3.05, 3.63) is 0 Å². The van der Waals surface area contributed by atoms with E-state index in [1.807, 2.05) is 6.92 Å². The number of hydrogen-bond acceptors (Lipinski definition) is 2. The Kier molecular flexibility index (Phi) is 5.22. The number of Topliss-reactive ketones (excluding diaryl/α,β-unsaturated/α-hetero) is 1. The van der Waals surface area contributed by atoms with Crippen molar-refractivity contribution >= 4 is 5.78 Å². The van der Waals surface area contributed by atoms with Crippen molar-refractivity contribution in [2.45, 2.75) is 104 Å². The van der Waals surface area contributed by atoms with Gasteiger partial charge < -0.3 is 9.59 Å². The smallest absolute Gasteiger partial charge is 0.133 e. The van der Waals surface area contributed by atoms with E-state index in [0.29, 0.717) is 29.1 Å². The maximum atomic E-state index is 12.4. The van der Waals surface area contributed by atoms with Gasteiger partial charge in [-0.1, -0.05) is 13.8 Å². The molecule has 3 heteroatoms. The van der Waals surface area contributed by atoms with E-state index in [9.17, 15) is 9.90 Å². The molecule has 1 aliphatic heterocycles. The van der Waals surface area contributed by atoms with Gasteiger partial charge in [-0.25, -0.2) is 0 Å². The second-order valence-electron chi connectivity index (χ2n) is 13.0. The number of nitrogens with zero attached hydrogens (tertiary/aromatic N) is 1. The maximum absolute atomic E-state index is 12.4. The summed E-state index contributed by atoms with van der Waals surface area (Å²) in [6, 6.07) is 0.437. The third kappa shape index (κ3) is 3.00. The average molecular weight is 417 g/mol.